The molecule has 2 heterocycles. The number of anilines is 2. The minimum atomic E-state index is -0.804. The zero-order chi connectivity index (χ0) is 43.7. The van der Waals surface area contributed by atoms with Gasteiger partial charge < -0.3 is 20.9 Å². The Kier molecular flexibility index (Phi) is 13.7. The van der Waals surface area contributed by atoms with E-state index < -0.39 is 34.8 Å². The van der Waals surface area contributed by atoms with Gasteiger partial charge in [0.1, 0.15) is 52.6 Å². The van der Waals surface area contributed by atoms with Crippen molar-refractivity contribution in [3.8, 4) is 12.1 Å². The molecule has 8 rings (SSSR count). The Labute approximate surface area is 356 Å². The Morgan fingerprint density at radius 2 is 1.11 bits per heavy atom. The average Bonchev–Trinajstić information content (AvgIpc) is 4.03. The van der Waals surface area contributed by atoms with E-state index in [1.54, 1.807) is 48.5 Å². The van der Waals surface area contributed by atoms with Crippen molar-refractivity contribution >= 4 is 62.4 Å². The van der Waals surface area contributed by atoms with Crippen LogP contribution in [0.4, 0.5) is 28.9 Å². The van der Waals surface area contributed by atoms with Crippen LogP contribution in [0.1, 0.15) is 73.6 Å². The smallest absolute Gasteiger partial charge is 0.275 e. The van der Waals surface area contributed by atoms with Gasteiger partial charge in [-0.25, -0.2) is 17.6 Å². The molecule has 2 aliphatic heterocycles. The van der Waals surface area contributed by atoms with Gasteiger partial charge in [0.15, 0.2) is 0 Å². The number of halogens is 5. The molecule has 4 aromatic rings. The van der Waals surface area contributed by atoms with Crippen LogP contribution in [-0.4, -0.2) is 63.2 Å². The van der Waals surface area contributed by atoms with Gasteiger partial charge in [-0.15, -0.1) is 0 Å². The van der Waals surface area contributed by atoms with Crippen LogP contribution in [0.5, 0.6) is 0 Å². The number of carbonyl (C=O) groups excluding carboxylic acids is 4. The lowest BCUT2D eigenvalue weighted by molar-refractivity contribution is -0.132. The van der Waals surface area contributed by atoms with Crippen molar-refractivity contribution < 1.29 is 36.7 Å². The Bertz CT molecular complexity index is 2450. The number of aliphatic imine (C=N–C) groups is 2. The highest BCUT2D eigenvalue weighted by atomic mass is 79.9. The molecule has 12 nitrogen and oxygen atoms in total. The highest BCUT2D eigenvalue weighted by Gasteiger charge is 2.49. The highest BCUT2D eigenvalue weighted by molar-refractivity contribution is 9.09. The number of alkyl halides is 1. The topological polar surface area (TPSA) is 180 Å². The van der Waals surface area contributed by atoms with Crippen LogP contribution in [-0.2, 0) is 19.2 Å². The molecule has 4 amide bonds. The van der Waals surface area contributed by atoms with E-state index in [0.29, 0.717) is 41.3 Å². The lowest BCUT2D eigenvalue weighted by atomic mass is 10.1. The number of hydrogen-bond acceptors (Lipinski definition) is 8. The fourth-order valence-electron chi connectivity index (χ4n) is 7.51. The number of rotatable bonds is 7. The zero-order valence-electron chi connectivity index (χ0n) is 32.4. The van der Waals surface area contributed by atoms with Crippen LogP contribution in [0.3, 0.4) is 0 Å². The van der Waals surface area contributed by atoms with Gasteiger partial charge in [-0.05, 0) is 99.9 Å². The van der Waals surface area contributed by atoms with E-state index >= 15 is 0 Å². The molecule has 312 valence electrons. The van der Waals surface area contributed by atoms with Crippen molar-refractivity contribution in [1.29, 1.82) is 10.5 Å². The quantitative estimate of drug-likeness (QED) is 0.128. The number of amides is 4. The van der Waals surface area contributed by atoms with Gasteiger partial charge in [-0.2, -0.15) is 10.5 Å². The van der Waals surface area contributed by atoms with Crippen LogP contribution in [0, 0.1) is 45.9 Å². The van der Waals surface area contributed by atoms with E-state index in [9.17, 15) is 36.7 Å². The number of hydrogen-bond donors (Lipinski definition) is 3. The van der Waals surface area contributed by atoms with Gasteiger partial charge >= 0.3 is 0 Å². The molecule has 0 bridgehead atoms. The second kappa shape index (κ2) is 19.1. The Morgan fingerprint density at radius 1 is 0.672 bits per heavy atom. The van der Waals surface area contributed by atoms with Gasteiger partial charge in [0.2, 0.25) is 11.8 Å². The fraction of sp³-hybridized carbons (Fsp3) is 0.273. The standard InChI is InChI=1S/C22H18F2N4O2.C14H13N3O.C8H6BrF2NO/c23-16-9-17(24)11-18(10-16)26-19(29)13-28-21(30)20(27-22(28)7-1-2-8-22)15-5-3-14(12-25)4-6-15;15-9-10-3-5-11(6-4-10)12-13(18)17-14(16-12)7-1-2-8-14;9-4-8(13)12-7-2-5(10)1-6(11)3-7/h3-6,9-11H,1-2,7-8,13H2,(H,26,29);3-6H,1-2,7-8H2,(H,17,18);1-3H,4H2,(H,12,13). The van der Waals surface area contributed by atoms with Gasteiger partial charge in [0.05, 0.1) is 28.6 Å². The summed E-state index contributed by atoms with van der Waals surface area (Å²) in [6.07, 6.45) is 7.13. The van der Waals surface area contributed by atoms with Crippen molar-refractivity contribution in [1.82, 2.24) is 10.2 Å². The second-order valence-corrected chi connectivity index (χ2v) is 15.2. The molecule has 2 fully saturated rings. The van der Waals surface area contributed by atoms with Crippen molar-refractivity contribution in [3.05, 3.63) is 130 Å². The molecule has 0 unspecified atom stereocenters. The van der Waals surface area contributed by atoms with Crippen LogP contribution in [0.2, 0.25) is 0 Å². The summed E-state index contributed by atoms with van der Waals surface area (Å²) in [7, 11) is 0. The fourth-order valence-corrected chi connectivity index (χ4v) is 7.65. The summed E-state index contributed by atoms with van der Waals surface area (Å²) in [5.41, 5.74) is 2.15. The number of nitrogens with one attached hydrogen (secondary N) is 3. The van der Waals surface area contributed by atoms with Crippen LogP contribution >= 0.6 is 15.9 Å². The predicted molar refractivity (Wildman–Crippen MR) is 221 cm³/mol. The van der Waals surface area contributed by atoms with Crippen molar-refractivity contribution in [2.75, 3.05) is 22.5 Å². The lowest BCUT2D eigenvalue weighted by Crippen LogP contribution is -2.48. The molecule has 0 atom stereocenters. The minimum Gasteiger partial charge on any atom is -0.326 e. The molecule has 2 aliphatic carbocycles. The maximum absolute atomic E-state index is 13.4. The molecule has 2 spiro atoms. The monoisotopic (exact) mass is 896 g/mol. The number of benzene rings is 4. The molecule has 2 saturated carbocycles. The summed E-state index contributed by atoms with van der Waals surface area (Å²) in [6, 6.07) is 23.2. The van der Waals surface area contributed by atoms with Crippen LogP contribution in [0.25, 0.3) is 0 Å². The summed E-state index contributed by atoms with van der Waals surface area (Å²) in [6.45, 7) is -0.278. The maximum atomic E-state index is 13.4. The molecule has 0 saturated heterocycles. The third kappa shape index (κ3) is 10.7. The third-order valence-electron chi connectivity index (χ3n) is 10.3. The lowest BCUT2D eigenvalue weighted by Gasteiger charge is -2.32. The second-order valence-electron chi connectivity index (χ2n) is 14.6. The molecule has 0 radical (unpaired) electrons. The van der Waals surface area contributed by atoms with Crippen molar-refractivity contribution in [2.24, 2.45) is 9.98 Å². The number of nitriles is 2. The molecule has 4 aromatic carbocycles. The maximum Gasteiger partial charge on any atom is 0.275 e. The summed E-state index contributed by atoms with van der Waals surface area (Å²) in [4.78, 5) is 59.2. The van der Waals surface area contributed by atoms with Gasteiger partial charge in [0.25, 0.3) is 11.8 Å². The first-order chi connectivity index (χ1) is 29.2. The van der Waals surface area contributed by atoms with E-state index in [1.807, 2.05) is 6.07 Å². The van der Waals surface area contributed by atoms with Crippen molar-refractivity contribution in [3.63, 3.8) is 0 Å². The first kappa shape index (κ1) is 43.8. The van der Waals surface area contributed by atoms with E-state index in [2.05, 4.69) is 42.9 Å². The van der Waals surface area contributed by atoms with E-state index in [4.69, 9.17) is 15.5 Å². The normalized spacial score (nSPS) is 16.6. The zero-order valence-corrected chi connectivity index (χ0v) is 34.0. The first-order valence-corrected chi connectivity index (χ1v) is 20.3. The molecular formula is C44H37BrF4N8O4. The van der Waals surface area contributed by atoms with Gasteiger partial charge in [-0.1, -0.05) is 40.2 Å². The largest absolute Gasteiger partial charge is 0.326 e. The van der Waals surface area contributed by atoms with Gasteiger partial charge in [-0.3, -0.25) is 29.2 Å². The Balaban J connectivity index is 0.000000170. The molecule has 4 aliphatic rings. The SMILES string of the molecule is N#Cc1ccc(C2=NC3(CCCC3)N(CC(=O)Nc3cc(F)cc(F)c3)C2=O)cc1.N#Cc1ccc(C2=NC3(CCCC3)NC2=O)cc1.O=C(CBr)Nc1cc(F)cc(F)c1. The third-order valence-corrected chi connectivity index (χ3v) is 10.8. The van der Waals surface area contributed by atoms with E-state index in [0.717, 1.165) is 74.4 Å². The van der Waals surface area contributed by atoms with E-state index in [-0.39, 0.29) is 52.3 Å². The van der Waals surface area contributed by atoms with Crippen LogP contribution in [0.15, 0.2) is 94.9 Å². The summed E-state index contributed by atoms with van der Waals surface area (Å²) < 4.78 is 51.9. The molecule has 3 N–H and O–H groups in total. The first-order valence-electron chi connectivity index (χ1n) is 19.2. The average molecular weight is 898 g/mol. The molecule has 0 aromatic heterocycles. The number of nitrogens with zero attached hydrogens (tertiary/aromatic N) is 5. The summed E-state index contributed by atoms with van der Waals surface area (Å²) in [5.74, 6) is -4.43. The summed E-state index contributed by atoms with van der Waals surface area (Å²) in [5, 5.41) is 25.6. The van der Waals surface area contributed by atoms with Gasteiger partial charge in [0, 0.05) is 34.6 Å². The summed E-state index contributed by atoms with van der Waals surface area (Å²) >= 11 is 2.91. The molecule has 17 heteroatoms. The van der Waals surface area contributed by atoms with Crippen LogP contribution < -0.4 is 16.0 Å². The minimum absolute atomic E-state index is 0.0159. The molecular weight excluding hydrogens is 860 g/mol. The Morgan fingerprint density at radius 3 is 1.57 bits per heavy atom. The predicted octanol–water partition coefficient (Wildman–Crippen LogP) is 7.42. The number of carbonyl (C=O) groups is 4. The molecule has 61 heavy (non-hydrogen) atoms. The van der Waals surface area contributed by atoms with E-state index in [1.165, 1.54) is 4.90 Å². The van der Waals surface area contributed by atoms with Crippen molar-refractivity contribution in [2.45, 2.75) is 62.7 Å². The Hall–Kier alpha value is -6.72. The highest BCUT2D eigenvalue weighted by Crippen LogP contribution is 2.41.